The Morgan fingerprint density at radius 2 is 2.21 bits per heavy atom. The minimum Gasteiger partial charge on any atom is -0.361 e. The third-order valence-corrected chi connectivity index (χ3v) is 6.65. The van der Waals surface area contributed by atoms with E-state index in [4.69, 9.17) is 4.52 Å². The highest BCUT2D eigenvalue weighted by atomic mass is 32.1. The van der Waals surface area contributed by atoms with E-state index in [0.717, 1.165) is 54.3 Å². The highest BCUT2D eigenvalue weighted by molar-refractivity contribution is 7.10. The quantitative estimate of drug-likeness (QED) is 0.685. The van der Waals surface area contributed by atoms with Crippen LogP contribution in [0.1, 0.15) is 62.0 Å². The molecule has 1 N–H and O–H groups in total. The molecule has 1 amide bonds. The number of aryl methyl sites for hydroxylation is 3. The lowest BCUT2D eigenvalue weighted by molar-refractivity contribution is 0.0937. The molecule has 3 aromatic rings. The van der Waals surface area contributed by atoms with E-state index < -0.39 is 0 Å². The molecule has 0 spiro atoms. The monoisotopic (exact) mass is 410 g/mol. The lowest BCUT2D eigenvalue weighted by Crippen LogP contribution is -2.32. The van der Waals surface area contributed by atoms with Gasteiger partial charge in [-0.3, -0.25) is 14.7 Å². The summed E-state index contributed by atoms with van der Waals surface area (Å²) in [6, 6.07) is 3.81. The molecular formula is C22H26N4O2S. The molecule has 7 heteroatoms. The zero-order valence-corrected chi connectivity index (χ0v) is 18.1. The Kier molecular flexibility index (Phi) is 5.52. The van der Waals surface area contributed by atoms with Gasteiger partial charge in [0.05, 0.1) is 23.0 Å². The first-order chi connectivity index (χ1) is 13.9. The summed E-state index contributed by atoms with van der Waals surface area (Å²) >= 11 is 1.67. The number of aromatic nitrogens is 2. The first kappa shape index (κ1) is 19.8. The van der Waals surface area contributed by atoms with Gasteiger partial charge in [-0.1, -0.05) is 11.2 Å². The summed E-state index contributed by atoms with van der Waals surface area (Å²) in [4.78, 5) is 21.0. The van der Waals surface area contributed by atoms with Crippen molar-refractivity contribution in [2.45, 2.75) is 53.2 Å². The maximum atomic E-state index is 12.9. The predicted molar refractivity (Wildman–Crippen MR) is 113 cm³/mol. The van der Waals surface area contributed by atoms with E-state index >= 15 is 0 Å². The molecule has 1 aliphatic heterocycles. The minimum absolute atomic E-state index is 0.0146. The predicted octanol–water partition coefficient (Wildman–Crippen LogP) is 4.11. The van der Waals surface area contributed by atoms with Gasteiger partial charge in [0.1, 0.15) is 5.76 Å². The fraction of sp³-hybridized carbons (Fsp3) is 0.409. The Balaban J connectivity index is 1.45. The number of fused-ring (bicyclic) bond motifs is 1. The second-order valence-electron chi connectivity index (χ2n) is 7.72. The van der Waals surface area contributed by atoms with E-state index in [-0.39, 0.29) is 11.9 Å². The summed E-state index contributed by atoms with van der Waals surface area (Å²) < 4.78 is 5.29. The molecule has 1 unspecified atom stereocenters. The Labute approximate surface area is 174 Å². The fourth-order valence-corrected chi connectivity index (χ4v) is 5.07. The van der Waals surface area contributed by atoms with Crippen LogP contribution in [0.4, 0.5) is 0 Å². The highest BCUT2D eigenvalue weighted by Crippen LogP contribution is 2.30. The maximum absolute atomic E-state index is 12.9. The Hall–Kier alpha value is -2.51. The van der Waals surface area contributed by atoms with Gasteiger partial charge in [0.15, 0.2) is 0 Å². The molecular weight excluding hydrogens is 384 g/mol. The van der Waals surface area contributed by atoms with Crippen LogP contribution >= 0.6 is 11.3 Å². The first-order valence-electron chi connectivity index (χ1n) is 9.89. The van der Waals surface area contributed by atoms with Crippen molar-refractivity contribution >= 4 is 17.2 Å². The number of nitrogens with one attached hydrogen (secondary N) is 1. The number of hydrogen-bond donors (Lipinski definition) is 1. The van der Waals surface area contributed by atoms with Crippen LogP contribution in [0, 0.1) is 20.8 Å². The minimum atomic E-state index is -0.126. The topological polar surface area (TPSA) is 71.3 Å². The third-order valence-electron chi connectivity index (χ3n) is 5.64. The van der Waals surface area contributed by atoms with Crippen LogP contribution in [0.25, 0.3) is 0 Å². The van der Waals surface area contributed by atoms with Gasteiger partial charge in [0.2, 0.25) is 0 Å². The molecule has 29 heavy (non-hydrogen) atoms. The van der Waals surface area contributed by atoms with E-state index in [0.29, 0.717) is 0 Å². The van der Waals surface area contributed by atoms with E-state index in [1.807, 2.05) is 45.2 Å². The Morgan fingerprint density at radius 3 is 2.93 bits per heavy atom. The lowest BCUT2D eigenvalue weighted by atomic mass is 10.0. The van der Waals surface area contributed by atoms with Crippen LogP contribution in [0.15, 0.2) is 28.2 Å². The zero-order valence-electron chi connectivity index (χ0n) is 17.3. The van der Waals surface area contributed by atoms with Crippen molar-refractivity contribution in [1.82, 2.24) is 20.4 Å². The second-order valence-corrected chi connectivity index (χ2v) is 8.68. The largest absolute Gasteiger partial charge is 0.361 e. The Morgan fingerprint density at radius 1 is 1.38 bits per heavy atom. The molecule has 0 bridgehead atoms. The van der Waals surface area contributed by atoms with Crippen molar-refractivity contribution in [3.8, 4) is 0 Å². The molecule has 4 rings (SSSR count). The van der Waals surface area contributed by atoms with E-state index in [1.165, 1.54) is 16.0 Å². The van der Waals surface area contributed by atoms with Gasteiger partial charge in [-0.15, -0.1) is 11.3 Å². The molecule has 0 saturated heterocycles. The molecule has 1 aliphatic rings. The molecule has 6 nitrogen and oxygen atoms in total. The van der Waals surface area contributed by atoms with Crippen LogP contribution < -0.4 is 5.32 Å². The summed E-state index contributed by atoms with van der Waals surface area (Å²) in [6.45, 7) is 10.6. The van der Waals surface area contributed by atoms with Crippen molar-refractivity contribution < 1.29 is 9.32 Å². The van der Waals surface area contributed by atoms with Crippen molar-refractivity contribution in [3.05, 3.63) is 68.0 Å². The van der Waals surface area contributed by atoms with Gasteiger partial charge in [-0.05, 0) is 51.3 Å². The summed E-state index contributed by atoms with van der Waals surface area (Å²) in [5, 5.41) is 9.18. The van der Waals surface area contributed by atoms with Crippen LogP contribution in [0.5, 0.6) is 0 Å². The van der Waals surface area contributed by atoms with Crippen LogP contribution in [-0.2, 0) is 19.5 Å². The zero-order chi connectivity index (χ0) is 20.5. The van der Waals surface area contributed by atoms with Crippen molar-refractivity contribution in [1.29, 1.82) is 0 Å². The van der Waals surface area contributed by atoms with Crippen LogP contribution in [0.2, 0.25) is 0 Å². The number of nitrogens with zero attached hydrogens (tertiary/aromatic N) is 3. The van der Waals surface area contributed by atoms with E-state index in [9.17, 15) is 4.79 Å². The number of thiophene rings is 1. The number of rotatable bonds is 5. The molecule has 0 aromatic carbocycles. The highest BCUT2D eigenvalue weighted by Gasteiger charge is 2.26. The second kappa shape index (κ2) is 8.08. The number of pyridine rings is 1. The van der Waals surface area contributed by atoms with Gasteiger partial charge < -0.3 is 9.84 Å². The summed E-state index contributed by atoms with van der Waals surface area (Å²) in [5.74, 6) is 0.873. The summed E-state index contributed by atoms with van der Waals surface area (Å²) in [5.41, 5.74) is 6.12. The van der Waals surface area contributed by atoms with Crippen molar-refractivity contribution in [3.63, 3.8) is 0 Å². The standard InChI is InChI=1S/C22H26N4O2S/c1-13-6-5-8-23-21(13)15(3)24-22(27)19-12-29-20-11-26(9-7-17(19)20)10-18-14(2)25-28-16(18)4/h5-6,8,12,15H,7,9-11H2,1-4H3,(H,24,27). The van der Waals surface area contributed by atoms with Crippen LogP contribution in [0.3, 0.4) is 0 Å². The van der Waals surface area contributed by atoms with E-state index in [2.05, 4.69) is 20.4 Å². The molecule has 3 aromatic heterocycles. The van der Waals surface area contributed by atoms with Gasteiger partial charge >= 0.3 is 0 Å². The van der Waals surface area contributed by atoms with Gasteiger partial charge in [-0.2, -0.15) is 0 Å². The van der Waals surface area contributed by atoms with Gasteiger partial charge in [0, 0.05) is 41.7 Å². The number of carbonyl (C=O) groups is 1. The average molecular weight is 411 g/mol. The molecule has 152 valence electrons. The first-order valence-corrected chi connectivity index (χ1v) is 10.8. The lowest BCUT2D eigenvalue weighted by Gasteiger charge is -2.27. The molecule has 4 heterocycles. The molecule has 0 saturated carbocycles. The van der Waals surface area contributed by atoms with E-state index in [1.54, 1.807) is 17.5 Å². The Bertz CT molecular complexity index is 1020. The number of hydrogen-bond acceptors (Lipinski definition) is 6. The SMILES string of the molecule is Cc1cccnc1C(C)NC(=O)c1csc2c1CCN(Cc1c(C)noc1C)C2. The normalized spacial score (nSPS) is 15.2. The third kappa shape index (κ3) is 3.97. The molecule has 0 fully saturated rings. The average Bonchev–Trinajstić information content (AvgIpc) is 3.26. The smallest absolute Gasteiger partial charge is 0.252 e. The van der Waals surface area contributed by atoms with Crippen LogP contribution in [-0.4, -0.2) is 27.5 Å². The molecule has 0 radical (unpaired) electrons. The fourth-order valence-electron chi connectivity index (χ4n) is 3.95. The number of carbonyl (C=O) groups excluding carboxylic acids is 1. The molecule has 0 aliphatic carbocycles. The number of amides is 1. The van der Waals surface area contributed by atoms with Gasteiger partial charge in [-0.25, -0.2) is 0 Å². The van der Waals surface area contributed by atoms with Crippen molar-refractivity contribution in [2.75, 3.05) is 6.54 Å². The van der Waals surface area contributed by atoms with Crippen molar-refractivity contribution in [2.24, 2.45) is 0 Å². The van der Waals surface area contributed by atoms with Gasteiger partial charge in [0.25, 0.3) is 5.91 Å². The maximum Gasteiger partial charge on any atom is 0.252 e. The summed E-state index contributed by atoms with van der Waals surface area (Å²) in [6.07, 6.45) is 2.65. The molecule has 1 atom stereocenters. The summed E-state index contributed by atoms with van der Waals surface area (Å²) in [7, 11) is 0.